The van der Waals surface area contributed by atoms with Crippen LogP contribution in [0, 0.1) is 6.92 Å². The molecule has 0 aliphatic heterocycles. The molecule has 7 heteroatoms. The number of para-hydroxylation sites is 2. The summed E-state index contributed by atoms with van der Waals surface area (Å²) in [5.74, 6) is 0.532. The minimum atomic E-state index is 0.0580. The fourth-order valence-electron chi connectivity index (χ4n) is 2.80. The minimum absolute atomic E-state index is 0.0580. The molecule has 0 bridgehead atoms. The third-order valence-corrected chi connectivity index (χ3v) is 4.84. The molecule has 25 heavy (non-hydrogen) atoms. The summed E-state index contributed by atoms with van der Waals surface area (Å²) in [5.41, 5.74) is 4.09. The highest BCUT2D eigenvalue weighted by Crippen LogP contribution is 2.29. The highest BCUT2D eigenvalue weighted by molar-refractivity contribution is 6.42. The van der Waals surface area contributed by atoms with E-state index >= 15 is 0 Å². The van der Waals surface area contributed by atoms with Crippen molar-refractivity contribution in [3.8, 4) is 11.8 Å². The third-order valence-electron chi connectivity index (χ3n) is 4.10. The number of nitrogens with zero attached hydrogens (tertiary/aromatic N) is 3. The molecule has 0 unspecified atom stereocenters. The van der Waals surface area contributed by atoms with E-state index in [1.807, 2.05) is 37.3 Å². The molecule has 4 rings (SSSR count). The number of hydrogen-bond donors (Lipinski definition) is 2. The van der Waals surface area contributed by atoms with Gasteiger partial charge in [0.15, 0.2) is 0 Å². The van der Waals surface area contributed by atoms with Crippen LogP contribution in [-0.4, -0.2) is 24.9 Å². The molecule has 0 radical (unpaired) electrons. The Morgan fingerprint density at radius 3 is 2.68 bits per heavy atom. The van der Waals surface area contributed by atoms with Gasteiger partial charge in [0.25, 0.3) is 0 Å². The number of aromatic amines is 1. The van der Waals surface area contributed by atoms with Crippen LogP contribution in [-0.2, 0) is 6.42 Å². The number of halogens is 2. The first kappa shape index (κ1) is 16.0. The number of benzene rings is 2. The van der Waals surface area contributed by atoms with Crippen molar-refractivity contribution in [2.75, 3.05) is 0 Å². The van der Waals surface area contributed by atoms with E-state index in [2.05, 4.69) is 15.1 Å². The molecule has 0 aliphatic carbocycles. The lowest BCUT2D eigenvalue weighted by molar-refractivity contribution is 0.426. The van der Waals surface area contributed by atoms with Crippen LogP contribution in [0.3, 0.4) is 0 Å². The van der Waals surface area contributed by atoms with Gasteiger partial charge in [0.1, 0.15) is 0 Å². The maximum atomic E-state index is 10.7. The second-order valence-electron chi connectivity index (χ2n) is 5.80. The number of fused-ring (bicyclic) bond motifs is 1. The van der Waals surface area contributed by atoms with Gasteiger partial charge >= 0.3 is 0 Å². The zero-order valence-corrected chi connectivity index (χ0v) is 14.8. The average molecular weight is 373 g/mol. The first-order valence-electron chi connectivity index (χ1n) is 7.69. The Balaban J connectivity index is 1.74. The highest BCUT2D eigenvalue weighted by atomic mass is 35.5. The Hall–Kier alpha value is -2.50. The quantitative estimate of drug-likeness (QED) is 0.549. The molecule has 0 fully saturated rings. The number of aryl methyl sites for hydroxylation is 1. The van der Waals surface area contributed by atoms with Crippen LogP contribution in [0.2, 0.25) is 10.0 Å². The van der Waals surface area contributed by atoms with E-state index in [9.17, 15) is 5.11 Å². The van der Waals surface area contributed by atoms with Crippen LogP contribution >= 0.6 is 23.2 Å². The van der Waals surface area contributed by atoms with Crippen molar-refractivity contribution in [1.82, 2.24) is 19.7 Å². The fraction of sp³-hybridized carbons (Fsp3) is 0.111. The summed E-state index contributed by atoms with van der Waals surface area (Å²) in [6, 6.07) is 13.1. The van der Waals surface area contributed by atoms with Crippen LogP contribution in [0.4, 0.5) is 0 Å². The molecule has 2 aromatic heterocycles. The van der Waals surface area contributed by atoms with E-state index in [1.54, 1.807) is 12.1 Å². The van der Waals surface area contributed by atoms with Gasteiger partial charge in [0, 0.05) is 12.0 Å². The van der Waals surface area contributed by atoms with E-state index in [4.69, 9.17) is 23.2 Å². The summed E-state index contributed by atoms with van der Waals surface area (Å²) in [4.78, 5) is 7.64. The van der Waals surface area contributed by atoms with Gasteiger partial charge in [0.2, 0.25) is 11.8 Å². The van der Waals surface area contributed by atoms with Crippen molar-refractivity contribution in [1.29, 1.82) is 0 Å². The van der Waals surface area contributed by atoms with Gasteiger partial charge in [-0.1, -0.05) is 41.4 Å². The van der Waals surface area contributed by atoms with E-state index in [-0.39, 0.29) is 5.88 Å². The molecule has 0 atom stereocenters. The zero-order chi connectivity index (χ0) is 17.6. The summed E-state index contributed by atoms with van der Waals surface area (Å²) in [6.07, 6.45) is 0.495. The molecule has 2 N–H and O–H groups in total. The fourth-order valence-corrected chi connectivity index (χ4v) is 3.12. The second-order valence-corrected chi connectivity index (χ2v) is 6.62. The summed E-state index contributed by atoms with van der Waals surface area (Å²) in [6.45, 7) is 1.85. The van der Waals surface area contributed by atoms with Crippen molar-refractivity contribution in [2.45, 2.75) is 13.3 Å². The van der Waals surface area contributed by atoms with E-state index in [0.717, 1.165) is 27.9 Å². The second kappa shape index (κ2) is 6.10. The van der Waals surface area contributed by atoms with Gasteiger partial charge in [-0.3, -0.25) is 0 Å². The van der Waals surface area contributed by atoms with Crippen LogP contribution in [0.5, 0.6) is 5.88 Å². The molecular formula is C18H14Cl2N4O. The molecule has 2 heterocycles. The maximum Gasteiger partial charge on any atom is 0.232 e. The highest BCUT2D eigenvalue weighted by Gasteiger charge is 2.18. The third kappa shape index (κ3) is 2.86. The summed E-state index contributed by atoms with van der Waals surface area (Å²) in [7, 11) is 0. The minimum Gasteiger partial charge on any atom is -0.493 e. The predicted octanol–water partition coefficient (Wildman–Crippen LogP) is 4.66. The lowest BCUT2D eigenvalue weighted by atomic mass is 10.1. The van der Waals surface area contributed by atoms with E-state index < -0.39 is 0 Å². The molecule has 5 nitrogen and oxygen atoms in total. The number of aromatic nitrogens is 4. The largest absolute Gasteiger partial charge is 0.493 e. The number of aromatic hydroxyl groups is 1. The smallest absolute Gasteiger partial charge is 0.232 e. The SMILES string of the molecule is Cc1nn(-c2nc3ccccc3[nH]2)c(O)c1Cc1ccc(Cl)c(Cl)c1. The number of rotatable bonds is 3. The molecule has 126 valence electrons. The molecule has 0 spiro atoms. The maximum absolute atomic E-state index is 10.7. The van der Waals surface area contributed by atoms with Gasteiger partial charge < -0.3 is 10.1 Å². The Labute approximate surface area is 153 Å². The molecule has 4 aromatic rings. The molecule has 0 aliphatic rings. The number of H-pyrrole nitrogens is 1. The Morgan fingerprint density at radius 2 is 1.92 bits per heavy atom. The van der Waals surface area contributed by atoms with Crippen molar-refractivity contribution >= 4 is 34.2 Å². The van der Waals surface area contributed by atoms with E-state index in [0.29, 0.717) is 22.4 Å². The average Bonchev–Trinajstić information content (AvgIpc) is 3.14. The van der Waals surface area contributed by atoms with Gasteiger partial charge in [-0.15, -0.1) is 0 Å². The summed E-state index contributed by atoms with van der Waals surface area (Å²) >= 11 is 12.0. The lowest BCUT2D eigenvalue weighted by Gasteiger charge is -2.04. The van der Waals surface area contributed by atoms with Crippen molar-refractivity contribution in [3.63, 3.8) is 0 Å². The lowest BCUT2D eigenvalue weighted by Crippen LogP contribution is -1.98. The Morgan fingerprint density at radius 1 is 1.12 bits per heavy atom. The zero-order valence-electron chi connectivity index (χ0n) is 13.3. The Bertz CT molecular complexity index is 1050. The van der Waals surface area contributed by atoms with Crippen molar-refractivity contribution in [2.24, 2.45) is 0 Å². The Kier molecular flexibility index (Phi) is 3.90. The molecule has 2 aromatic carbocycles. The topological polar surface area (TPSA) is 66.7 Å². The van der Waals surface area contributed by atoms with Crippen LogP contribution in [0.25, 0.3) is 17.0 Å². The van der Waals surface area contributed by atoms with Gasteiger partial charge in [-0.2, -0.15) is 9.78 Å². The van der Waals surface area contributed by atoms with Crippen molar-refractivity contribution < 1.29 is 5.11 Å². The monoisotopic (exact) mass is 372 g/mol. The van der Waals surface area contributed by atoms with Crippen LogP contribution < -0.4 is 0 Å². The number of imidazole rings is 1. The van der Waals surface area contributed by atoms with Gasteiger partial charge in [0.05, 0.1) is 26.8 Å². The van der Waals surface area contributed by atoms with Crippen molar-refractivity contribution in [3.05, 3.63) is 69.3 Å². The number of hydrogen-bond acceptors (Lipinski definition) is 3. The van der Waals surface area contributed by atoms with Crippen LogP contribution in [0.1, 0.15) is 16.8 Å². The molecule has 0 saturated carbocycles. The van der Waals surface area contributed by atoms with Gasteiger partial charge in [-0.05, 0) is 36.8 Å². The predicted molar refractivity (Wildman–Crippen MR) is 98.9 cm³/mol. The summed E-state index contributed by atoms with van der Waals surface area (Å²) in [5, 5.41) is 16.1. The van der Waals surface area contributed by atoms with Crippen LogP contribution in [0.15, 0.2) is 42.5 Å². The normalized spacial score (nSPS) is 11.3. The van der Waals surface area contributed by atoms with E-state index in [1.165, 1.54) is 4.68 Å². The molecular weight excluding hydrogens is 359 g/mol. The molecule has 0 saturated heterocycles. The standard InChI is InChI=1S/C18H14Cl2N4O/c1-10-12(8-11-6-7-13(19)14(20)9-11)17(25)24(23-10)18-21-15-4-2-3-5-16(15)22-18/h2-7,9,25H,8H2,1H3,(H,21,22). The first-order chi connectivity index (χ1) is 12.0. The first-order valence-corrected chi connectivity index (χ1v) is 8.45. The number of nitrogens with one attached hydrogen (secondary N) is 1. The summed E-state index contributed by atoms with van der Waals surface area (Å²) < 4.78 is 1.42. The van der Waals surface area contributed by atoms with Gasteiger partial charge in [-0.25, -0.2) is 4.98 Å². The molecule has 0 amide bonds.